The Kier molecular flexibility index (Phi) is 5.97. The van der Waals surface area contributed by atoms with Crippen LogP contribution in [0.15, 0.2) is 59.3 Å². The number of hydrogen-bond acceptors (Lipinski definition) is 4. The van der Waals surface area contributed by atoms with Crippen molar-refractivity contribution in [2.24, 2.45) is 0 Å². The van der Waals surface area contributed by atoms with Gasteiger partial charge in [0.15, 0.2) is 5.76 Å². The maximum absolute atomic E-state index is 12.9. The molecule has 0 radical (unpaired) electrons. The summed E-state index contributed by atoms with van der Waals surface area (Å²) in [6.45, 7) is 3.87. The number of piperidine rings is 1. The van der Waals surface area contributed by atoms with E-state index in [0.29, 0.717) is 31.0 Å². The van der Waals surface area contributed by atoms with Gasteiger partial charge in [0.2, 0.25) is 0 Å². The average molecular weight is 406 g/mol. The van der Waals surface area contributed by atoms with Gasteiger partial charge in [0.05, 0.1) is 30.3 Å². The smallest absolute Gasteiger partial charge is 0.289 e. The molecule has 156 valence electrons. The van der Waals surface area contributed by atoms with Crippen LogP contribution in [0, 0.1) is 0 Å². The van der Waals surface area contributed by atoms with Gasteiger partial charge in [-0.1, -0.05) is 37.3 Å². The monoisotopic (exact) mass is 406 g/mol. The molecule has 3 aromatic rings. The van der Waals surface area contributed by atoms with Crippen LogP contribution < -0.4 is 5.32 Å². The molecule has 1 aliphatic rings. The third-order valence-corrected chi connectivity index (χ3v) is 5.55. The topological polar surface area (TPSA) is 80.4 Å². The lowest BCUT2D eigenvalue weighted by molar-refractivity contribution is 0.0667. The molecule has 1 fully saturated rings. The summed E-state index contributed by atoms with van der Waals surface area (Å²) in [4.78, 5) is 27.1. The summed E-state index contributed by atoms with van der Waals surface area (Å²) in [7, 11) is 0. The van der Waals surface area contributed by atoms with Gasteiger partial charge >= 0.3 is 0 Å². The van der Waals surface area contributed by atoms with E-state index in [1.54, 1.807) is 23.2 Å². The largest absolute Gasteiger partial charge is 0.459 e. The number of rotatable bonds is 6. The second-order valence-electron chi connectivity index (χ2n) is 7.52. The first-order valence-corrected chi connectivity index (χ1v) is 10.4. The Labute approximate surface area is 175 Å². The van der Waals surface area contributed by atoms with Gasteiger partial charge in [-0.25, -0.2) is 0 Å². The van der Waals surface area contributed by atoms with Crippen molar-refractivity contribution < 1.29 is 14.0 Å². The number of hydrogen-bond donors (Lipinski definition) is 1. The summed E-state index contributed by atoms with van der Waals surface area (Å²) in [5, 5.41) is 7.58. The Bertz CT molecular complexity index is 987. The number of nitrogens with one attached hydrogen (secondary N) is 1. The fraction of sp³-hybridized carbons (Fsp3) is 0.348. The fourth-order valence-electron chi connectivity index (χ4n) is 3.91. The molecule has 0 aliphatic carbocycles. The van der Waals surface area contributed by atoms with E-state index in [1.807, 2.05) is 29.8 Å². The van der Waals surface area contributed by atoms with E-state index in [1.165, 1.54) is 6.26 Å². The van der Waals surface area contributed by atoms with E-state index in [-0.39, 0.29) is 17.9 Å². The zero-order valence-electron chi connectivity index (χ0n) is 17.1. The van der Waals surface area contributed by atoms with Crippen LogP contribution in [0.4, 0.5) is 0 Å². The highest BCUT2D eigenvalue weighted by atomic mass is 16.3. The Balaban J connectivity index is 1.36. The number of nitrogens with zero attached hydrogens (tertiary/aromatic N) is 3. The molecule has 0 bridgehead atoms. The molecule has 4 rings (SSSR count). The summed E-state index contributed by atoms with van der Waals surface area (Å²) in [5.74, 6) is 0.165. The molecule has 3 heterocycles. The van der Waals surface area contributed by atoms with Gasteiger partial charge in [-0.2, -0.15) is 5.10 Å². The average Bonchev–Trinajstić information content (AvgIpc) is 3.44. The first-order valence-electron chi connectivity index (χ1n) is 10.4. The van der Waals surface area contributed by atoms with E-state index in [0.717, 1.165) is 30.5 Å². The number of benzene rings is 1. The molecule has 7 nitrogen and oxygen atoms in total. The minimum Gasteiger partial charge on any atom is -0.459 e. The van der Waals surface area contributed by atoms with Crippen molar-refractivity contribution in [2.45, 2.75) is 38.8 Å². The third kappa shape index (κ3) is 4.30. The van der Waals surface area contributed by atoms with Crippen molar-refractivity contribution in [3.05, 3.63) is 77.5 Å². The Morgan fingerprint density at radius 2 is 1.90 bits per heavy atom. The molecule has 30 heavy (non-hydrogen) atoms. The molecular weight excluding hydrogens is 380 g/mol. The van der Waals surface area contributed by atoms with Crippen molar-refractivity contribution in [1.29, 1.82) is 0 Å². The predicted molar refractivity (Wildman–Crippen MR) is 112 cm³/mol. The molecular formula is C23H26N4O3. The Hall–Kier alpha value is -3.35. The van der Waals surface area contributed by atoms with Gasteiger partial charge in [-0.05, 0) is 37.0 Å². The first-order chi connectivity index (χ1) is 14.7. The van der Waals surface area contributed by atoms with Gasteiger partial charge < -0.3 is 14.6 Å². The molecule has 2 amide bonds. The van der Waals surface area contributed by atoms with Crippen LogP contribution >= 0.6 is 0 Å². The second kappa shape index (κ2) is 8.98. The minimum atomic E-state index is -0.0970. The quantitative estimate of drug-likeness (QED) is 0.682. The highest BCUT2D eigenvalue weighted by Gasteiger charge is 2.27. The molecule has 1 aliphatic heterocycles. The van der Waals surface area contributed by atoms with Gasteiger partial charge in [-0.3, -0.25) is 14.3 Å². The normalized spacial score (nSPS) is 14.6. The lowest BCUT2D eigenvalue weighted by atomic mass is 10.0. The molecule has 1 N–H and O–H groups in total. The zero-order chi connectivity index (χ0) is 20.9. The highest BCUT2D eigenvalue weighted by Crippen LogP contribution is 2.17. The molecule has 7 heteroatoms. The van der Waals surface area contributed by atoms with E-state index < -0.39 is 0 Å². The van der Waals surface area contributed by atoms with E-state index >= 15 is 0 Å². The van der Waals surface area contributed by atoms with Crippen LogP contribution in [0.5, 0.6) is 0 Å². The first kappa shape index (κ1) is 19.9. The summed E-state index contributed by atoms with van der Waals surface area (Å²) >= 11 is 0. The van der Waals surface area contributed by atoms with Crippen molar-refractivity contribution >= 4 is 11.8 Å². The van der Waals surface area contributed by atoms with Crippen LogP contribution in [0.1, 0.15) is 51.9 Å². The van der Waals surface area contributed by atoms with Crippen molar-refractivity contribution in [2.75, 3.05) is 13.1 Å². The summed E-state index contributed by atoms with van der Waals surface area (Å²) in [6.07, 6.45) is 5.33. The van der Waals surface area contributed by atoms with Crippen LogP contribution in [-0.2, 0) is 13.0 Å². The number of aromatic nitrogens is 2. The molecule has 0 unspecified atom stereocenters. The molecule has 1 saturated heterocycles. The second-order valence-corrected chi connectivity index (χ2v) is 7.52. The van der Waals surface area contributed by atoms with E-state index in [4.69, 9.17) is 4.42 Å². The molecule has 0 saturated carbocycles. The van der Waals surface area contributed by atoms with Crippen LogP contribution in [-0.4, -0.2) is 45.6 Å². The van der Waals surface area contributed by atoms with Crippen molar-refractivity contribution in [1.82, 2.24) is 20.0 Å². The number of likely N-dealkylation sites (tertiary alicyclic amines) is 1. The van der Waals surface area contributed by atoms with Gasteiger partial charge in [0.1, 0.15) is 0 Å². The van der Waals surface area contributed by atoms with Crippen molar-refractivity contribution in [3.63, 3.8) is 0 Å². The summed E-state index contributed by atoms with van der Waals surface area (Å²) < 4.78 is 7.10. The zero-order valence-corrected chi connectivity index (χ0v) is 17.1. The molecule has 2 aromatic heterocycles. The van der Waals surface area contributed by atoms with Crippen LogP contribution in [0.25, 0.3) is 0 Å². The lowest BCUT2D eigenvalue weighted by Gasteiger charge is -2.31. The Morgan fingerprint density at radius 1 is 1.13 bits per heavy atom. The van der Waals surface area contributed by atoms with Gasteiger partial charge in [-0.15, -0.1) is 0 Å². The summed E-state index contributed by atoms with van der Waals surface area (Å²) in [5.41, 5.74) is 2.71. The SMILES string of the molecule is CCc1c(C(=O)NC2CCN(C(=O)c3ccco3)CC2)cnn1Cc1ccccc1. The maximum Gasteiger partial charge on any atom is 0.289 e. The van der Waals surface area contributed by atoms with E-state index in [9.17, 15) is 9.59 Å². The van der Waals surface area contributed by atoms with Crippen molar-refractivity contribution in [3.8, 4) is 0 Å². The molecule has 0 spiro atoms. The minimum absolute atomic E-state index is 0.0420. The van der Waals surface area contributed by atoms with Crippen LogP contribution in [0.3, 0.4) is 0 Å². The molecule has 1 aromatic carbocycles. The molecule has 0 atom stereocenters. The number of carbonyl (C=O) groups excluding carboxylic acids is 2. The van der Waals surface area contributed by atoms with Gasteiger partial charge in [0, 0.05) is 19.1 Å². The number of amides is 2. The Morgan fingerprint density at radius 3 is 2.57 bits per heavy atom. The van der Waals surface area contributed by atoms with E-state index in [2.05, 4.69) is 22.5 Å². The lowest BCUT2D eigenvalue weighted by Crippen LogP contribution is -2.46. The fourth-order valence-corrected chi connectivity index (χ4v) is 3.91. The third-order valence-electron chi connectivity index (χ3n) is 5.55. The standard InChI is InChI=1S/C23H26N4O3/c1-2-20-19(15-24-27(20)16-17-7-4-3-5-8-17)22(28)25-18-10-12-26(13-11-18)23(29)21-9-6-14-30-21/h3-9,14-15,18H,2,10-13,16H2,1H3,(H,25,28). The number of furan rings is 1. The highest BCUT2D eigenvalue weighted by molar-refractivity contribution is 5.95. The van der Waals surface area contributed by atoms with Gasteiger partial charge in [0.25, 0.3) is 11.8 Å². The van der Waals surface area contributed by atoms with Crippen LogP contribution in [0.2, 0.25) is 0 Å². The predicted octanol–water partition coefficient (Wildman–Crippen LogP) is 3.12. The number of carbonyl (C=O) groups is 2. The summed E-state index contributed by atoms with van der Waals surface area (Å²) in [6, 6.07) is 13.5. The maximum atomic E-state index is 12.9.